The standard InChI is InChI=1S/C18H22N2O3S/c1-13(21)9-10-19-18(22)8-7-15-5-3-4-6-17(15)23-11-16-12-24-14(2)20-16/h3-8,12-13,21H,9-11H2,1-2H3,(H,19,22). The minimum Gasteiger partial charge on any atom is -0.487 e. The molecule has 6 heteroatoms. The summed E-state index contributed by atoms with van der Waals surface area (Å²) >= 11 is 1.59. The second-order valence-electron chi connectivity index (χ2n) is 5.45. The second-order valence-corrected chi connectivity index (χ2v) is 6.51. The molecule has 0 saturated heterocycles. The van der Waals surface area contributed by atoms with Crippen molar-refractivity contribution in [2.75, 3.05) is 6.54 Å². The zero-order chi connectivity index (χ0) is 17.4. The highest BCUT2D eigenvalue weighted by Gasteiger charge is 2.04. The van der Waals surface area contributed by atoms with E-state index in [4.69, 9.17) is 4.74 Å². The van der Waals surface area contributed by atoms with E-state index in [0.717, 1.165) is 16.3 Å². The van der Waals surface area contributed by atoms with Crippen molar-refractivity contribution >= 4 is 23.3 Å². The van der Waals surface area contributed by atoms with Crippen molar-refractivity contribution in [2.45, 2.75) is 33.0 Å². The molecule has 0 aliphatic heterocycles. The summed E-state index contributed by atoms with van der Waals surface area (Å²) in [5.74, 6) is 0.511. The number of amides is 1. The molecular weight excluding hydrogens is 324 g/mol. The lowest BCUT2D eigenvalue weighted by atomic mass is 10.2. The van der Waals surface area contributed by atoms with Gasteiger partial charge in [-0.15, -0.1) is 11.3 Å². The van der Waals surface area contributed by atoms with E-state index < -0.39 is 6.10 Å². The minimum atomic E-state index is -0.419. The number of aromatic nitrogens is 1. The number of hydrogen-bond donors (Lipinski definition) is 2. The molecule has 2 rings (SSSR count). The van der Waals surface area contributed by atoms with Crippen LogP contribution in [0.3, 0.4) is 0 Å². The van der Waals surface area contributed by atoms with Gasteiger partial charge in [0.2, 0.25) is 5.91 Å². The molecule has 0 bridgehead atoms. The lowest BCUT2D eigenvalue weighted by molar-refractivity contribution is -0.116. The van der Waals surface area contributed by atoms with E-state index in [9.17, 15) is 9.90 Å². The highest BCUT2D eigenvalue weighted by atomic mass is 32.1. The Bertz CT molecular complexity index is 695. The van der Waals surface area contributed by atoms with Gasteiger partial charge in [-0.25, -0.2) is 4.98 Å². The van der Waals surface area contributed by atoms with Crippen LogP contribution in [0.15, 0.2) is 35.7 Å². The number of carbonyl (C=O) groups is 1. The van der Waals surface area contributed by atoms with Gasteiger partial charge in [-0.3, -0.25) is 4.79 Å². The van der Waals surface area contributed by atoms with Gasteiger partial charge in [0.1, 0.15) is 12.4 Å². The zero-order valence-corrected chi connectivity index (χ0v) is 14.7. The number of aliphatic hydroxyl groups is 1. The fraction of sp³-hybridized carbons (Fsp3) is 0.333. The van der Waals surface area contributed by atoms with Crippen molar-refractivity contribution in [3.63, 3.8) is 0 Å². The predicted octanol–water partition coefficient (Wildman–Crippen LogP) is 2.93. The van der Waals surface area contributed by atoms with Crippen LogP contribution in [-0.4, -0.2) is 28.6 Å². The average Bonchev–Trinajstić information content (AvgIpc) is 2.97. The van der Waals surface area contributed by atoms with E-state index in [1.165, 1.54) is 6.08 Å². The molecule has 1 aromatic heterocycles. The molecule has 5 nitrogen and oxygen atoms in total. The maximum absolute atomic E-state index is 11.8. The van der Waals surface area contributed by atoms with Gasteiger partial charge in [-0.1, -0.05) is 18.2 Å². The van der Waals surface area contributed by atoms with Crippen molar-refractivity contribution in [1.29, 1.82) is 0 Å². The summed E-state index contributed by atoms with van der Waals surface area (Å²) in [5, 5.41) is 14.9. The summed E-state index contributed by atoms with van der Waals surface area (Å²) in [6.45, 7) is 4.50. The zero-order valence-electron chi connectivity index (χ0n) is 13.9. The van der Waals surface area contributed by atoms with E-state index in [1.807, 2.05) is 36.6 Å². The smallest absolute Gasteiger partial charge is 0.244 e. The molecule has 1 aromatic carbocycles. The summed E-state index contributed by atoms with van der Waals surface area (Å²) in [6.07, 6.45) is 3.31. The van der Waals surface area contributed by atoms with E-state index >= 15 is 0 Å². The number of nitrogens with zero attached hydrogens (tertiary/aromatic N) is 1. The van der Waals surface area contributed by atoms with Crippen molar-refractivity contribution < 1.29 is 14.6 Å². The molecule has 0 spiro atoms. The number of benzene rings is 1. The van der Waals surface area contributed by atoms with E-state index in [1.54, 1.807) is 24.3 Å². The van der Waals surface area contributed by atoms with Gasteiger partial charge in [-0.2, -0.15) is 0 Å². The predicted molar refractivity (Wildman–Crippen MR) is 96.0 cm³/mol. The molecule has 24 heavy (non-hydrogen) atoms. The third-order valence-corrected chi connectivity index (χ3v) is 4.06. The molecule has 0 aliphatic carbocycles. The van der Waals surface area contributed by atoms with Gasteiger partial charge in [0, 0.05) is 23.6 Å². The van der Waals surface area contributed by atoms with Crippen LogP contribution in [-0.2, 0) is 11.4 Å². The Morgan fingerprint density at radius 3 is 2.96 bits per heavy atom. The lowest BCUT2D eigenvalue weighted by Gasteiger charge is -2.08. The molecule has 2 aromatic rings. The Morgan fingerprint density at radius 1 is 1.46 bits per heavy atom. The van der Waals surface area contributed by atoms with Crippen LogP contribution in [0.2, 0.25) is 0 Å². The lowest BCUT2D eigenvalue weighted by Crippen LogP contribution is -2.24. The normalized spacial score (nSPS) is 12.3. The first-order valence-corrected chi connectivity index (χ1v) is 8.69. The highest BCUT2D eigenvalue weighted by molar-refractivity contribution is 7.09. The summed E-state index contributed by atoms with van der Waals surface area (Å²) in [7, 11) is 0. The number of hydrogen-bond acceptors (Lipinski definition) is 5. The quantitative estimate of drug-likeness (QED) is 0.721. The summed E-state index contributed by atoms with van der Waals surface area (Å²) < 4.78 is 5.81. The monoisotopic (exact) mass is 346 g/mol. The van der Waals surface area contributed by atoms with Gasteiger partial charge in [-0.05, 0) is 32.4 Å². The van der Waals surface area contributed by atoms with E-state index in [-0.39, 0.29) is 5.91 Å². The molecule has 2 N–H and O–H groups in total. The molecule has 0 saturated carbocycles. The van der Waals surface area contributed by atoms with E-state index in [2.05, 4.69) is 10.3 Å². The van der Waals surface area contributed by atoms with Gasteiger partial charge in [0.15, 0.2) is 0 Å². The van der Waals surface area contributed by atoms with Crippen LogP contribution in [0.5, 0.6) is 5.75 Å². The molecule has 1 amide bonds. The van der Waals surface area contributed by atoms with Gasteiger partial charge in [0.25, 0.3) is 0 Å². The van der Waals surface area contributed by atoms with Crippen LogP contribution in [0.1, 0.15) is 29.6 Å². The largest absolute Gasteiger partial charge is 0.487 e. The number of ether oxygens (including phenoxy) is 1. The van der Waals surface area contributed by atoms with Crippen LogP contribution >= 0.6 is 11.3 Å². The second kappa shape index (κ2) is 9.20. The highest BCUT2D eigenvalue weighted by Crippen LogP contribution is 2.21. The maximum atomic E-state index is 11.8. The van der Waals surface area contributed by atoms with Crippen LogP contribution in [0, 0.1) is 6.92 Å². The first-order valence-electron chi connectivity index (χ1n) is 7.81. The third-order valence-electron chi connectivity index (χ3n) is 3.24. The first kappa shape index (κ1) is 18.2. The van der Waals surface area contributed by atoms with Crippen LogP contribution in [0.4, 0.5) is 0 Å². The Balaban J connectivity index is 1.92. The Labute approximate surface area is 146 Å². The number of aliphatic hydroxyl groups excluding tert-OH is 1. The van der Waals surface area contributed by atoms with Crippen molar-refractivity contribution in [2.24, 2.45) is 0 Å². The Hall–Kier alpha value is -2.18. The number of para-hydroxylation sites is 1. The van der Waals surface area contributed by atoms with Crippen molar-refractivity contribution in [3.05, 3.63) is 52.0 Å². The number of carbonyl (C=O) groups excluding carboxylic acids is 1. The molecule has 0 aliphatic rings. The summed E-state index contributed by atoms with van der Waals surface area (Å²) in [4.78, 5) is 16.1. The van der Waals surface area contributed by atoms with Gasteiger partial charge in [0.05, 0.1) is 16.8 Å². The molecule has 128 valence electrons. The number of nitrogens with one attached hydrogen (secondary N) is 1. The molecular formula is C18H22N2O3S. The topological polar surface area (TPSA) is 71.5 Å². The molecule has 1 atom stereocenters. The number of aryl methyl sites for hydroxylation is 1. The first-order chi connectivity index (χ1) is 11.5. The summed E-state index contributed by atoms with van der Waals surface area (Å²) in [5.41, 5.74) is 1.72. The van der Waals surface area contributed by atoms with Crippen LogP contribution in [0.25, 0.3) is 6.08 Å². The molecule has 0 radical (unpaired) electrons. The Morgan fingerprint density at radius 2 is 2.25 bits per heavy atom. The van der Waals surface area contributed by atoms with Gasteiger partial charge >= 0.3 is 0 Å². The maximum Gasteiger partial charge on any atom is 0.244 e. The fourth-order valence-corrected chi connectivity index (χ4v) is 2.60. The van der Waals surface area contributed by atoms with Gasteiger partial charge < -0.3 is 15.2 Å². The van der Waals surface area contributed by atoms with E-state index in [0.29, 0.717) is 25.3 Å². The molecule has 1 unspecified atom stereocenters. The van der Waals surface area contributed by atoms with Crippen molar-refractivity contribution in [3.8, 4) is 5.75 Å². The number of thiazole rings is 1. The third kappa shape index (κ3) is 6.14. The molecule has 0 fully saturated rings. The average molecular weight is 346 g/mol. The fourth-order valence-electron chi connectivity index (χ4n) is 2.00. The van der Waals surface area contributed by atoms with Crippen LogP contribution < -0.4 is 10.1 Å². The SMILES string of the molecule is Cc1nc(COc2ccccc2C=CC(=O)NCCC(C)O)cs1. The number of rotatable bonds is 8. The molecule has 1 heterocycles. The minimum absolute atomic E-state index is 0.194. The Kier molecular flexibility index (Phi) is 6.96. The van der Waals surface area contributed by atoms with Crippen molar-refractivity contribution in [1.82, 2.24) is 10.3 Å². The summed E-state index contributed by atoms with van der Waals surface area (Å²) in [6, 6.07) is 7.54.